The van der Waals surface area contributed by atoms with E-state index in [4.69, 9.17) is 0 Å². The number of hydrogen-bond acceptors (Lipinski definition) is 3. The van der Waals surface area contributed by atoms with E-state index in [2.05, 4.69) is 30.4 Å². The van der Waals surface area contributed by atoms with Crippen LogP contribution >= 0.6 is 23.7 Å². The van der Waals surface area contributed by atoms with Crippen molar-refractivity contribution in [3.63, 3.8) is 0 Å². The Hall–Kier alpha value is -1.36. The van der Waals surface area contributed by atoms with E-state index in [-0.39, 0.29) is 18.3 Å². The Kier molecular flexibility index (Phi) is 7.28. The zero-order valence-electron chi connectivity index (χ0n) is 14.0. The number of nitrogens with one attached hydrogen (secondary N) is 1. The van der Waals surface area contributed by atoms with Crippen molar-refractivity contribution in [1.29, 1.82) is 0 Å². The van der Waals surface area contributed by atoms with Gasteiger partial charge in [0.15, 0.2) is 0 Å². The molecule has 5 heteroatoms. The van der Waals surface area contributed by atoms with Crippen LogP contribution in [0.1, 0.15) is 29.4 Å². The third-order valence-corrected chi connectivity index (χ3v) is 5.43. The average Bonchev–Trinajstić information content (AvgIpc) is 3.10. The molecule has 2 aromatic rings. The van der Waals surface area contributed by atoms with Crippen LogP contribution in [0.2, 0.25) is 0 Å². The summed E-state index contributed by atoms with van der Waals surface area (Å²) >= 11 is 1.56. The summed E-state index contributed by atoms with van der Waals surface area (Å²) in [6.45, 7) is 5.99. The Bertz CT molecular complexity index is 636. The smallest absolute Gasteiger partial charge is 0.264 e. The van der Waals surface area contributed by atoms with E-state index in [1.807, 2.05) is 28.5 Å². The average molecular weight is 365 g/mol. The van der Waals surface area contributed by atoms with Crippen LogP contribution in [0.4, 0.5) is 0 Å². The van der Waals surface area contributed by atoms with E-state index >= 15 is 0 Å². The van der Waals surface area contributed by atoms with Gasteiger partial charge in [-0.25, -0.2) is 0 Å². The van der Waals surface area contributed by atoms with Gasteiger partial charge in [-0.05, 0) is 48.9 Å². The molecule has 24 heavy (non-hydrogen) atoms. The Morgan fingerprint density at radius 3 is 2.58 bits per heavy atom. The Morgan fingerprint density at radius 1 is 1.21 bits per heavy atom. The summed E-state index contributed by atoms with van der Waals surface area (Å²) in [6.07, 6.45) is 2.20. The predicted octanol–water partition coefficient (Wildman–Crippen LogP) is 4.30. The van der Waals surface area contributed by atoms with Crippen molar-refractivity contribution in [1.82, 2.24) is 10.2 Å². The molecule has 3 nitrogen and oxygen atoms in total. The van der Waals surface area contributed by atoms with Crippen molar-refractivity contribution < 1.29 is 4.79 Å². The lowest BCUT2D eigenvalue weighted by Gasteiger charge is -2.32. The van der Waals surface area contributed by atoms with Crippen LogP contribution in [-0.2, 0) is 0 Å². The molecule has 0 saturated carbocycles. The molecule has 1 aromatic heterocycles. The molecule has 1 N–H and O–H groups in total. The van der Waals surface area contributed by atoms with Crippen molar-refractivity contribution in [2.75, 3.05) is 26.2 Å². The van der Waals surface area contributed by atoms with Crippen LogP contribution in [0, 0.1) is 5.92 Å². The predicted molar refractivity (Wildman–Crippen MR) is 104 cm³/mol. The third kappa shape index (κ3) is 4.38. The highest BCUT2D eigenvalue weighted by Crippen LogP contribution is 2.30. The standard InChI is InChI=1S/C19H24N2OS.ClH/c1-2-20-14-15-8-11-21(12-9-15)19(22)18-17(10-13-23-18)16-6-4-3-5-7-16;/h3-7,10,13,15,20H,2,8-9,11-12,14H2,1H3;1H. The van der Waals surface area contributed by atoms with Crippen LogP contribution in [0.3, 0.4) is 0 Å². The molecular weight excluding hydrogens is 340 g/mol. The molecule has 0 atom stereocenters. The monoisotopic (exact) mass is 364 g/mol. The number of carbonyl (C=O) groups excluding carboxylic acids is 1. The molecule has 3 rings (SSSR count). The second kappa shape index (κ2) is 9.21. The van der Waals surface area contributed by atoms with Gasteiger partial charge in [0.2, 0.25) is 0 Å². The van der Waals surface area contributed by atoms with E-state index in [1.165, 1.54) is 0 Å². The number of benzene rings is 1. The summed E-state index contributed by atoms with van der Waals surface area (Å²) in [4.78, 5) is 15.8. The molecule has 0 radical (unpaired) electrons. The van der Waals surface area contributed by atoms with E-state index in [1.54, 1.807) is 11.3 Å². The quantitative estimate of drug-likeness (QED) is 0.857. The fourth-order valence-electron chi connectivity index (χ4n) is 3.15. The maximum Gasteiger partial charge on any atom is 0.264 e. The van der Waals surface area contributed by atoms with Crippen molar-refractivity contribution in [3.05, 3.63) is 46.7 Å². The molecule has 1 fully saturated rings. The number of carbonyl (C=O) groups is 1. The van der Waals surface area contributed by atoms with E-state index in [0.717, 1.165) is 55.0 Å². The fourth-order valence-corrected chi connectivity index (χ4v) is 4.04. The molecule has 0 bridgehead atoms. The van der Waals surface area contributed by atoms with Gasteiger partial charge in [0.05, 0.1) is 4.88 Å². The van der Waals surface area contributed by atoms with Gasteiger partial charge >= 0.3 is 0 Å². The summed E-state index contributed by atoms with van der Waals surface area (Å²) in [5, 5.41) is 5.44. The SMILES string of the molecule is CCNCC1CCN(C(=O)c2sccc2-c2ccccc2)CC1.Cl. The van der Waals surface area contributed by atoms with Crippen LogP contribution in [0.25, 0.3) is 11.1 Å². The minimum Gasteiger partial charge on any atom is -0.338 e. The molecule has 1 aliphatic rings. The molecule has 1 aromatic carbocycles. The molecule has 1 amide bonds. The fraction of sp³-hybridized carbons (Fsp3) is 0.421. The van der Waals surface area contributed by atoms with Gasteiger partial charge < -0.3 is 10.2 Å². The minimum atomic E-state index is 0. The highest BCUT2D eigenvalue weighted by atomic mass is 35.5. The number of hydrogen-bond donors (Lipinski definition) is 1. The first kappa shape index (κ1) is 19.0. The number of halogens is 1. The second-order valence-corrected chi connectivity index (χ2v) is 6.99. The lowest BCUT2D eigenvalue weighted by Crippen LogP contribution is -2.40. The van der Waals surface area contributed by atoms with Crippen molar-refractivity contribution >= 4 is 29.7 Å². The van der Waals surface area contributed by atoms with Crippen molar-refractivity contribution in [2.45, 2.75) is 19.8 Å². The highest BCUT2D eigenvalue weighted by molar-refractivity contribution is 7.12. The van der Waals surface area contributed by atoms with Crippen LogP contribution < -0.4 is 5.32 Å². The summed E-state index contributed by atoms with van der Waals surface area (Å²) in [6, 6.07) is 12.3. The maximum absolute atomic E-state index is 12.9. The Morgan fingerprint density at radius 2 is 1.92 bits per heavy atom. The molecule has 1 aliphatic heterocycles. The topological polar surface area (TPSA) is 32.3 Å². The van der Waals surface area contributed by atoms with Gasteiger partial charge in [0.25, 0.3) is 5.91 Å². The van der Waals surface area contributed by atoms with Gasteiger partial charge in [0, 0.05) is 18.7 Å². The Labute approximate surface area is 154 Å². The summed E-state index contributed by atoms with van der Waals surface area (Å²) < 4.78 is 0. The molecule has 130 valence electrons. The number of nitrogens with zero attached hydrogens (tertiary/aromatic N) is 1. The second-order valence-electron chi connectivity index (χ2n) is 6.07. The largest absolute Gasteiger partial charge is 0.338 e. The summed E-state index contributed by atoms with van der Waals surface area (Å²) in [5.41, 5.74) is 2.19. The normalized spacial score (nSPS) is 15.1. The van der Waals surface area contributed by atoms with Crippen LogP contribution in [-0.4, -0.2) is 37.0 Å². The molecule has 0 unspecified atom stereocenters. The third-order valence-electron chi connectivity index (χ3n) is 4.53. The minimum absolute atomic E-state index is 0. The zero-order chi connectivity index (χ0) is 16.1. The zero-order valence-corrected chi connectivity index (χ0v) is 15.7. The molecule has 0 aliphatic carbocycles. The van der Waals surface area contributed by atoms with Gasteiger partial charge in [-0.3, -0.25) is 4.79 Å². The van der Waals surface area contributed by atoms with Gasteiger partial charge in [-0.15, -0.1) is 23.7 Å². The first-order valence-electron chi connectivity index (χ1n) is 8.42. The number of thiophene rings is 1. The first-order valence-corrected chi connectivity index (χ1v) is 9.30. The number of amides is 1. The number of rotatable bonds is 5. The van der Waals surface area contributed by atoms with Crippen LogP contribution in [0.5, 0.6) is 0 Å². The van der Waals surface area contributed by atoms with Gasteiger partial charge in [0.1, 0.15) is 0 Å². The Balaban J connectivity index is 0.00000208. The molecule has 1 saturated heterocycles. The summed E-state index contributed by atoms with van der Waals surface area (Å²) in [5.74, 6) is 0.900. The van der Waals surface area contributed by atoms with E-state index in [9.17, 15) is 4.79 Å². The van der Waals surface area contributed by atoms with Gasteiger partial charge in [-0.2, -0.15) is 0 Å². The molecular formula is C19H25ClN2OS. The lowest BCUT2D eigenvalue weighted by atomic mass is 9.96. The van der Waals surface area contributed by atoms with Crippen molar-refractivity contribution in [2.24, 2.45) is 5.92 Å². The number of likely N-dealkylation sites (tertiary alicyclic amines) is 1. The summed E-state index contributed by atoms with van der Waals surface area (Å²) in [7, 11) is 0. The lowest BCUT2D eigenvalue weighted by molar-refractivity contribution is 0.0696. The van der Waals surface area contributed by atoms with Gasteiger partial charge in [-0.1, -0.05) is 37.3 Å². The first-order chi connectivity index (χ1) is 11.3. The van der Waals surface area contributed by atoms with E-state index in [0.29, 0.717) is 5.92 Å². The van der Waals surface area contributed by atoms with E-state index < -0.39 is 0 Å². The molecule has 0 spiro atoms. The number of piperidine rings is 1. The highest BCUT2D eigenvalue weighted by Gasteiger charge is 2.25. The van der Waals surface area contributed by atoms with Crippen LogP contribution in [0.15, 0.2) is 41.8 Å². The molecule has 2 heterocycles. The van der Waals surface area contributed by atoms with Crippen molar-refractivity contribution in [3.8, 4) is 11.1 Å². The maximum atomic E-state index is 12.9.